The number of nitrogens with one attached hydrogen (secondary N) is 1. The van der Waals surface area contributed by atoms with Crippen molar-refractivity contribution < 1.29 is 12.8 Å². The Labute approximate surface area is 172 Å². The third-order valence-electron chi connectivity index (χ3n) is 4.86. The molecule has 2 aromatic heterocycles. The molecule has 1 saturated heterocycles. The van der Waals surface area contributed by atoms with Crippen LogP contribution in [0.1, 0.15) is 29.5 Å². The fraction of sp³-hybridized carbons (Fsp3) is 0.316. The molecule has 1 aromatic carbocycles. The van der Waals surface area contributed by atoms with Gasteiger partial charge < -0.3 is 5.32 Å². The van der Waals surface area contributed by atoms with Gasteiger partial charge in [0, 0.05) is 24.7 Å². The number of anilines is 2. The summed E-state index contributed by atoms with van der Waals surface area (Å²) >= 11 is 1.46. The molecule has 4 rings (SSSR count). The summed E-state index contributed by atoms with van der Waals surface area (Å²) in [5, 5.41) is 12.7. The molecule has 1 fully saturated rings. The quantitative estimate of drug-likeness (QED) is 0.660. The summed E-state index contributed by atoms with van der Waals surface area (Å²) in [6.45, 7) is 2.69. The number of sulfonamides is 1. The molecule has 0 spiro atoms. The van der Waals surface area contributed by atoms with E-state index in [9.17, 15) is 12.8 Å². The lowest BCUT2D eigenvalue weighted by atomic mass is 9.94. The van der Waals surface area contributed by atoms with Gasteiger partial charge in [-0.05, 0) is 56.2 Å². The normalized spacial score (nSPS) is 16.1. The summed E-state index contributed by atoms with van der Waals surface area (Å²) in [5.74, 6) is 0.415. The van der Waals surface area contributed by atoms with E-state index in [2.05, 4.69) is 20.5 Å². The van der Waals surface area contributed by atoms with E-state index in [0.29, 0.717) is 36.9 Å². The molecular formula is C19H20FN5O2S2. The summed E-state index contributed by atoms with van der Waals surface area (Å²) in [6, 6.07) is 10.7. The number of hydrogen-bond acceptors (Lipinski definition) is 7. The number of nitrogens with zero attached hydrogens (tertiary/aromatic N) is 4. The second kappa shape index (κ2) is 8.13. The molecular weight excluding hydrogens is 413 g/mol. The zero-order valence-corrected chi connectivity index (χ0v) is 17.4. The van der Waals surface area contributed by atoms with E-state index < -0.39 is 15.8 Å². The van der Waals surface area contributed by atoms with Crippen molar-refractivity contribution in [3.05, 3.63) is 59.0 Å². The molecule has 0 radical (unpaired) electrons. The third-order valence-corrected chi connectivity index (χ3v) is 7.52. The summed E-state index contributed by atoms with van der Waals surface area (Å²) < 4.78 is 40.1. The smallest absolute Gasteiger partial charge is 0.243 e. The van der Waals surface area contributed by atoms with E-state index in [0.717, 1.165) is 10.7 Å². The Morgan fingerprint density at radius 2 is 1.83 bits per heavy atom. The highest BCUT2D eigenvalue weighted by molar-refractivity contribution is 7.89. The molecule has 1 aliphatic heterocycles. The summed E-state index contributed by atoms with van der Waals surface area (Å²) in [6.07, 6.45) is 1.35. The molecule has 29 heavy (non-hydrogen) atoms. The van der Waals surface area contributed by atoms with Crippen molar-refractivity contribution in [2.45, 2.75) is 30.6 Å². The van der Waals surface area contributed by atoms with Crippen LogP contribution in [0.2, 0.25) is 0 Å². The lowest BCUT2D eigenvalue weighted by Gasteiger charge is -2.31. The van der Waals surface area contributed by atoms with E-state index in [-0.39, 0.29) is 10.8 Å². The maximum atomic E-state index is 13.1. The highest BCUT2D eigenvalue weighted by Gasteiger charge is 2.30. The van der Waals surface area contributed by atoms with Crippen molar-refractivity contribution in [2.24, 2.45) is 0 Å². The van der Waals surface area contributed by atoms with Crippen LogP contribution in [0.4, 0.5) is 15.3 Å². The first-order valence-corrected chi connectivity index (χ1v) is 11.5. The number of pyridine rings is 1. The van der Waals surface area contributed by atoms with Gasteiger partial charge in [-0.25, -0.2) is 17.8 Å². The van der Waals surface area contributed by atoms with Gasteiger partial charge in [-0.3, -0.25) is 0 Å². The largest absolute Gasteiger partial charge is 0.315 e. The first-order valence-electron chi connectivity index (χ1n) is 9.21. The minimum absolute atomic E-state index is 0.119. The Bertz CT molecular complexity index is 1090. The average molecular weight is 434 g/mol. The second-order valence-corrected chi connectivity index (χ2v) is 9.95. The van der Waals surface area contributed by atoms with Crippen LogP contribution >= 0.6 is 11.3 Å². The van der Waals surface area contributed by atoms with Crippen LogP contribution in [0.25, 0.3) is 0 Å². The third kappa shape index (κ3) is 4.44. The van der Waals surface area contributed by atoms with Crippen LogP contribution in [0.3, 0.4) is 0 Å². The second-order valence-electron chi connectivity index (χ2n) is 6.83. The predicted octanol–water partition coefficient (Wildman–Crippen LogP) is 3.69. The Kier molecular flexibility index (Phi) is 5.57. The topological polar surface area (TPSA) is 88.1 Å². The number of aromatic nitrogens is 3. The van der Waals surface area contributed by atoms with Crippen LogP contribution in [0, 0.1) is 12.7 Å². The van der Waals surface area contributed by atoms with E-state index in [1.807, 2.05) is 25.1 Å². The summed E-state index contributed by atoms with van der Waals surface area (Å²) in [4.78, 5) is 4.79. The average Bonchev–Trinajstić information content (AvgIpc) is 3.13. The van der Waals surface area contributed by atoms with E-state index in [1.54, 1.807) is 0 Å². The van der Waals surface area contributed by atoms with Gasteiger partial charge in [0.25, 0.3) is 0 Å². The lowest BCUT2D eigenvalue weighted by Crippen LogP contribution is -2.38. The molecule has 0 amide bonds. The maximum Gasteiger partial charge on any atom is 0.243 e. The molecule has 1 aliphatic rings. The first-order chi connectivity index (χ1) is 13.9. The van der Waals surface area contributed by atoms with Crippen LogP contribution in [-0.4, -0.2) is 41.0 Å². The van der Waals surface area contributed by atoms with E-state index in [1.165, 1.54) is 39.9 Å². The highest BCUT2D eigenvalue weighted by Crippen LogP contribution is 2.31. The number of rotatable bonds is 5. The van der Waals surface area contributed by atoms with Crippen LogP contribution in [0.15, 0.2) is 47.4 Å². The Balaban J connectivity index is 1.43. The van der Waals surface area contributed by atoms with Crippen molar-refractivity contribution in [1.29, 1.82) is 0 Å². The molecule has 10 heteroatoms. The van der Waals surface area contributed by atoms with Gasteiger partial charge >= 0.3 is 0 Å². The van der Waals surface area contributed by atoms with Crippen molar-refractivity contribution in [3.63, 3.8) is 0 Å². The Morgan fingerprint density at radius 3 is 2.48 bits per heavy atom. The Hall–Kier alpha value is -2.43. The van der Waals surface area contributed by atoms with Crippen molar-refractivity contribution in [1.82, 2.24) is 19.5 Å². The number of halogens is 1. The zero-order valence-electron chi connectivity index (χ0n) is 15.7. The molecule has 0 atom stereocenters. The fourth-order valence-electron chi connectivity index (χ4n) is 3.35. The number of benzene rings is 1. The van der Waals surface area contributed by atoms with Gasteiger partial charge in [-0.2, -0.15) is 4.31 Å². The number of aryl methyl sites for hydroxylation is 1. The standard InChI is InChI=1S/C19H20FN5O2S2/c1-13-23-24-19(28-13)22-18-4-2-3-17(21-18)14-9-11-25(12-10-14)29(26,27)16-7-5-15(20)6-8-16/h2-8,14H,9-12H2,1H3,(H,21,22,24). The molecule has 3 heterocycles. The molecule has 1 N–H and O–H groups in total. The molecule has 0 aliphatic carbocycles. The highest BCUT2D eigenvalue weighted by atomic mass is 32.2. The summed E-state index contributed by atoms with van der Waals surface area (Å²) in [5.41, 5.74) is 0.926. The maximum absolute atomic E-state index is 13.1. The van der Waals surface area contributed by atoms with E-state index in [4.69, 9.17) is 0 Å². The van der Waals surface area contributed by atoms with Crippen LogP contribution in [0.5, 0.6) is 0 Å². The van der Waals surface area contributed by atoms with Gasteiger partial charge in [0.1, 0.15) is 16.6 Å². The van der Waals surface area contributed by atoms with Crippen LogP contribution < -0.4 is 5.32 Å². The van der Waals surface area contributed by atoms with Gasteiger partial charge in [0.05, 0.1) is 4.90 Å². The molecule has 3 aromatic rings. The zero-order chi connectivity index (χ0) is 20.4. The molecule has 7 nitrogen and oxygen atoms in total. The molecule has 0 unspecified atom stereocenters. The fourth-order valence-corrected chi connectivity index (χ4v) is 5.42. The molecule has 152 valence electrons. The molecule has 0 bridgehead atoms. The van der Waals surface area contributed by atoms with Crippen molar-refractivity contribution >= 4 is 32.3 Å². The van der Waals surface area contributed by atoms with Gasteiger partial charge in [-0.1, -0.05) is 17.4 Å². The van der Waals surface area contributed by atoms with E-state index >= 15 is 0 Å². The predicted molar refractivity (Wildman–Crippen MR) is 109 cm³/mol. The summed E-state index contributed by atoms with van der Waals surface area (Å²) in [7, 11) is -3.61. The van der Waals surface area contributed by atoms with Gasteiger partial charge in [0.2, 0.25) is 15.2 Å². The SMILES string of the molecule is Cc1nnc(Nc2cccc(C3CCN(S(=O)(=O)c4ccc(F)cc4)CC3)n2)s1. The molecule has 0 saturated carbocycles. The monoisotopic (exact) mass is 433 g/mol. The van der Waals surface area contributed by atoms with Gasteiger partial charge in [-0.15, -0.1) is 10.2 Å². The first kappa shape index (κ1) is 19.9. The van der Waals surface area contributed by atoms with Gasteiger partial charge in [0.15, 0.2) is 0 Å². The van der Waals surface area contributed by atoms with Crippen molar-refractivity contribution in [3.8, 4) is 0 Å². The number of hydrogen-bond donors (Lipinski definition) is 1. The minimum Gasteiger partial charge on any atom is -0.315 e. The Morgan fingerprint density at radius 1 is 1.10 bits per heavy atom. The van der Waals surface area contributed by atoms with Crippen LogP contribution in [-0.2, 0) is 10.0 Å². The number of piperidine rings is 1. The minimum atomic E-state index is -3.61. The lowest BCUT2D eigenvalue weighted by molar-refractivity contribution is 0.317. The van der Waals surface area contributed by atoms with Crippen molar-refractivity contribution in [2.75, 3.05) is 18.4 Å².